The molecule has 0 atom stereocenters. The molecule has 0 radical (unpaired) electrons. The van der Waals surface area contributed by atoms with E-state index < -0.39 is 0 Å². The molecule has 1 heterocycles. The SMILES string of the molecule is CCn1c(COc2cc(C)cc(C)c2)nnc1SCC(=O)Nc1ccc(Cl)cc1. The minimum absolute atomic E-state index is 0.115. The average Bonchev–Trinajstić information content (AvgIpc) is 3.07. The van der Waals surface area contributed by atoms with Gasteiger partial charge < -0.3 is 14.6 Å². The van der Waals surface area contributed by atoms with Gasteiger partial charge in [-0.2, -0.15) is 0 Å². The van der Waals surface area contributed by atoms with E-state index in [0.717, 1.165) is 22.7 Å². The zero-order valence-electron chi connectivity index (χ0n) is 16.6. The van der Waals surface area contributed by atoms with Gasteiger partial charge in [-0.1, -0.05) is 29.4 Å². The molecule has 0 aliphatic heterocycles. The smallest absolute Gasteiger partial charge is 0.234 e. The van der Waals surface area contributed by atoms with Crippen molar-refractivity contribution >= 4 is 35.0 Å². The summed E-state index contributed by atoms with van der Waals surface area (Å²) in [5, 5.41) is 12.6. The first-order chi connectivity index (χ1) is 13.9. The molecule has 0 aliphatic rings. The highest BCUT2D eigenvalue weighted by molar-refractivity contribution is 7.99. The molecule has 152 valence electrons. The van der Waals surface area contributed by atoms with E-state index >= 15 is 0 Å². The molecule has 1 N–H and O–H groups in total. The molecule has 1 amide bonds. The molecular formula is C21H23ClN4O2S. The fourth-order valence-corrected chi connectivity index (χ4v) is 3.82. The Morgan fingerprint density at radius 2 is 1.83 bits per heavy atom. The maximum atomic E-state index is 12.2. The van der Waals surface area contributed by atoms with Crippen molar-refractivity contribution < 1.29 is 9.53 Å². The highest BCUT2D eigenvalue weighted by Gasteiger charge is 2.14. The van der Waals surface area contributed by atoms with E-state index in [2.05, 4.69) is 21.6 Å². The van der Waals surface area contributed by atoms with Crippen LogP contribution in [0.15, 0.2) is 47.6 Å². The van der Waals surface area contributed by atoms with Crippen molar-refractivity contribution in [2.75, 3.05) is 11.1 Å². The molecule has 0 spiro atoms. The summed E-state index contributed by atoms with van der Waals surface area (Å²) in [5.74, 6) is 1.66. The lowest BCUT2D eigenvalue weighted by atomic mass is 10.1. The van der Waals surface area contributed by atoms with Crippen molar-refractivity contribution in [3.63, 3.8) is 0 Å². The molecule has 29 heavy (non-hydrogen) atoms. The topological polar surface area (TPSA) is 69.0 Å². The lowest BCUT2D eigenvalue weighted by molar-refractivity contribution is -0.113. The predicted molar refractivity (Wildman–Crippen MR) is 117 cm³/mol. The van der Waals surface area contributed by atoms with Crippen LogP contribution in [0.2, 0.25) is 5.02 Å². The number of ether oxygens (including phenoxy) is 1. The van der Waals surface area contributed by atoms with Gasteiger partial charge in [-0.05, 0) is 68.3 Å². The van der Waals surface area contributed by atoms with Crippen LogP contribution >= 0.6 is 23.4 Å². The fraction of sp³-hybridized carbons (Fsp3) is 0.286. The van der Waals surface area contributed by atoms with Gasteiger partial charge in [0.05, 0.1) is 5.75 Å². The number of rotatable bonds is 8. The van der Waals surface area contributed by atoms with Crippen LogP contribution in [0.3, 0.4) is 0 Å². The van der Waals surface area contributed by atoms with E-state index in [1.165, 1.54) is 11.8 Å². The minimum atomic E-state index is -0.115. The summed E-state index contributed by atoms with van der Waals surface area (Å²) in [6, 6.07) is 13.1. The van der Waals surface area contributed by atoms with Gasteiger partial charge in [0.25, 0.3) is 0 Å². The van der Waals surface area contributed by atoms with Crippen LogP contribution in [-0.2, 0) is 17.9 Å². The van der Waals surface area contributed by atoms with Crippen LogP contribution in [0.25, 0.3) is 0 Å². The Morgan fingerprint density at radius 3 is 2.48 bits per heavy atom. The molecule has 3 rings (SSSR count). The predicted octanol–water partition coefficient (Wildman–Crippen LogP) is 4.88. The summed E-state index contributed by atoms with van der Waals surface area (Å²) in [4.78, 5) is 12.2. The van der Waals surface area contributed by atoms with Gasteiger partial charge in [-0.3, -0.25) is 4.79 Å². The molecule has 0 aliphatic carbocycles. The van der Waals surface area contributed by atoms with Crippen molar-refractivity contribution in [1.82, 2.24) is 14.8 Å². The third-order valence-corrected chi connectivity index (χ3v) is 5.35. The average molecular weight is 431 g/mol. The molecule has 2 aromatic carbocycles. The highest BCUT2D eigenvalue weighted by Crippen LogP contribution is 2.21. The summed E-state index contributed by atoms with van der Waals surface area (Å²) >= 11 is 7.21. The largest absolute Gasteiger partial charge is 0.486 e. The second kappa shape index (κ2) is 9.80. The molecule has 0 unspecified atom stereocenters. The Balaban J connectivity index is 1.58. The first-order valence-corrected chi connectivity index (χ1v) is 10.6. The number of anilines is 1. The number of benzene rings is 2. The Morgan fingerprint density at radius 1 is 1.14 bits per heavy atom. The summed E-state index contributed by atoms with van der Waals surface area (Å²) < 4.78 is 7.86. The third-order valence-electron chi connectivity index (χ3n) is 4.13. The number of thioether (sulfide) groups is 1. The second-order valence-electron chi connectivity index (χ2n) is 6.60. The van der Waals surface area contributed by atoms with Crippen molar-refractivity contribution in [2.24, 2.45) is 0 Å². The van der Waals surface area contributed by atoms with Crippen LogP contribution in [0.4, 0.5) is 5.69 Å². The van der Waals surface area contributed by atoms with Gasteiger partial charge in [-0.25, -0.2) is 0 Å². The number of hydrogen-bond acceptors (Lipinski definition) is 5. The molecule has 0 saturated heterocycles. The van der Waals surface area contributed by atoms with Crippen molar-refractivity contribution in [3.8, 4) is 5.75 Å². The molecule has 8 heteroatoms. The van der Waals surface area contributed by atoms with E-state index in [4.69, 9.17) is 16.3 Å². The molecule has 1 aromatic heterocycles. The molecule has 0 bridgehead atoms. The summed E-state index contributed by atoms with van der Waals surface area (Å²) in [7, 11) is 0. The summed E-state index contributed by atoms with van der Waals surface area (Å²) in [5.41, 5.74) is 3.01. The third kappa shape index (κ3) is 5.98. The number of amides is 1. The first-order valence-electron chi connectivity index (χ1n) is 9.26. The number of nitrogens with zero attached hydrogens (tertiary/aromatic N) is 3. The maximum Gasteiger partial charge on any atom is 0.234 e. The number of carbonyl (C=O) groups is 1. The van der Waals surface area contributed by atoms with E-state index in [0.29, 0.717) is 29.0 Å². The second-order valence-corrected chi connectivity index (χ2v) is 7.98. The van der Waals surface area contributed by atoms with Gasteiger partial charge >= 0.3 is 0 Å². The highest BCUT2D eigenvalue weighted by atomic mass is 35.5. The zero-order chi connectivity index (χ0) is 20.8. The lowest BCUT2D eigenvalue weighted by Crippen LogP contribution is -2.14. The number of hydrogen-bond donors (Lipinski definition) is 1. The molecule has 6 nitrogen and oxygen atoms in total. The van der Waals surface area contributed by atoms with Crippen molar-refractivity contribution in [1.29, 1.82) is 0 Å². The zero-order valence-corrected chi connectivity index (χ0v) is 18.2. The Kier molecular flexibility index (Phi) is 7.17. The van der Waals surface area contributed by atoms with Crippen LogP contribution in [0, 0.1) is 13.8 Å². The number of halogens is 1. The molecule has 0 saturated carbocycles. The Labute approximate surface area is 179 Å². The van der Waals surface area contributed by atoms with Crippen LogP contribution < -0.4 is 10.1 Å². The van der Waals surface area contributed by atoms with E-state index in [9.17, 15) is 4.79 Å². The van der Waals surface area contributed by atoms with E-state index in [1.807, 2.05) is 37.5 Å². The van der Waals surface area contributed by atoms with Crippen LogP contribution in [-0.4, -0.2) is 26.4 Å². The number of carbonyl (C=O) groups excluding carboxylic acids is 1. The van der Waals surface area contributed by atoms with Crippen LogP contribution in [0.1, 0.15) is 23.9 Å². The standard InChI is InChI=1S/C21H23ClN4O2S/c1-4-26-19(12-28-18-10-14(2)9-15(3)11-18)24-25-21(26)29-13-20(27)23-17-7-5-16(22)6-8-17/h5-11H,4,12-13H2,1-3H3,(H,23,27). The van der Waals surface area contributed by atoms with E-state index in [-0.39, 0.29) is 11.7 Å². The van der Waals surface area contributed by atoms with Gasteiger partial charge in [-0.15, -0.1) is 10.2 Å². The maximum absolute atomic E-state index is 12.2. The van der Waals surface area contributed by atoms with Crippen LogP contribution in [0.5, 0.6) is 5.75 Å². The minimum Gasteiger partial charge on any atom is -0.486 e. The monoisotopic (exact) mass is 430 g/mol. The molecule has 0 fully saturated rings. The molecular weight excluding hydrogens is 408 g/mol. The quantitative estimate of drug-likeness (QED) is 0.516. The van der Waals surface area contributed by atoms with Gasteiger partial charge in [0.15, 0.2) is 11.0 Å². The number of nitrogens with one attached hydrogen (secondary N) is 1. The fourth-order valence-electron chi connectivity index (χ4n) is 2.87. The Hall–Kier alpha value is -2.51. The van der Waals surface area contributed by atoms with Crippen molar-refractivity contribution in [3.05, 3.63) is 64.4 Å². The molecule has 3 aromatic rings. The number of aryl methyl sites for hydroxylation is 2. The summed E-state index contributed by atoms with van der Waals surface area (Å²) in [6.45, 7) is 7.11. The van der Waals surface area contributed by atoms with Gasteiger partial charge in [0.1, 0.15) is 12.4 Å². The van der Waals surface area contributed by atoms with Crippen molar-refractivity contribution in [2.45, 2.75) is 39.1 Å². The summed E-state index contributed by atoms with van der Waals surface area (Å²) in [6.07, 6.45) is 0. The first kappa shape index (κ1) is 21.2. The normalized spacial score (nSPS) is 10.8. The van der Waals surface area contributed by atoms with Gasteiger partial charge in [0, 0.05) is 17.3 Å². The lowest BCUT2D eigenvalue weighted by Gasteiger charge is -2.10. The number of aromatic nitrogens is 3. The van der Waals surface area contributed by atoms with Gasteiger partial charge in [0.2, 0.25) is 5.91 Å². The Bertz CT molecular complexity index is 969. The van der Waals surface area contributed by atoms with E-state index in [1.54, 1.807) is 24.3 Å².